The van der Waals surface area contributed by atoms with Crippen molar-refractivity contribution >= 4 is 29.3 Å². The van der Waals surface area contributed by atoms with E-state index in [0.717, 1.165) is 6.07 Å². The van der Waals surface area contributed by atoms with Crippen molar-refractivity contribution in [3.8, 4) is 0 Å². The molecule has 0 fully saturated rings. The number of nitrogens with one attached hydrogen (secondary N) is 2. The highest BCUT2D eigenvalue weighted by Gasteiger charge is 2.18. The lowest BCUT2D eigenvalue weighted by Gasteiger charge is -2.13. The number of carboxylic acid groups (broad SMARTS) is 1. The van der Waals surface area contributed by atoms with Crippen LogP contribution in [0.3, 0.4) is 0 Å². The molecule has 0 heterocycles. The van der Waals surface area contributed by atoms with Crippen LogP contribution in [0.15, 0.2) is 18.2 Å². The van der Waals surface area contributed by atoms with Crippen LogP contribution in [-0.2, 0) is 4.79 Å². The summed E-state index contributed by atoms with van der Waals surface area (Å²) in [5.74, 6) is -1.84. The smallest absolute Gasteiger partial charge is 0.326 e. The summed E-state index contributed by atoms with van der Waals surface area (Å²) in [6.07, 6.45) is 0.228. The summed E-state index contributed by atoms with van der Waals surface area (Å²) in [5, 5.41) is 13.4. The monoisotopic (exact) mass is 274 g/mol. The molecule has 1 aromatic rings. The average molecular weight is 275 g/mol. The Morgan fingerprint density at radius 3 is 2.67 bits per heavy atom. The van der Waals surface area contributed by atoms with Gasteiger partial charge in [0.1, 0.15) is 11.9 Å². The minimum absolute atomic E-state index is 0.0721. The number of hydrogen-bond donors (Lipinski definition) is 3. The molecular weight excluding hydrogens is 263 g/mol. The SMILES string of the molecule is CCC(NC(=O)Nc1ccc(Cl)cc1F)C(=O)O. The second-order valence-electron chi connectivity index (χ2n) is 3.52. The first-order valence-corrected chi connectivity index (χ1v) is 5.57. The van der Waals surface area contributed by atoms with Gasteiger partial charge in [-0.15, -0.1) is 0 Å². The summed E-state index contributed by atoms with van der Waals surface area (Å²) in [6, 6.07) is 1.95. The largest absolute Gasteiger partial charge is 0.480 e. The first kappa shape index (κ1) is 14.2. The molecule has 0 aliphatic heterocycles. The zero-order valence-electron chi connectivity index (χ0n) is 9.54. The number of benzene rings is 1. The number of carboxylic acids is 1. The van der Waals surface area contributed by atoms with E-state index in [-0.39, 0.29) is 17.1 Å². The van der Waals surface area contributed by atoms with Gasteiger partial charge in [-0.2, -0.15) is 0 Å². The van der Waals surface area contributed by atoms with Crippen LogP contribution in [0.2, 0.25) is 5.02 Å². The second-order valence-corrected chi connectivity index (χ2v) is 3.96. The van der Waals surface area contributed by atoms with Crippen LogP contribution in [-0.4, -0.2) is 23.1 Å². The summed E-state index contributed by atoms with van der Waals surface area (Å²) >= 11 is 5.56. The molecule has 7 heteroatoms. The number of halogens is 2. The van der Waals surface area contributed by atoms with E-state index in [0.29, 0.717) is 0 Å². The summed E-state index contributed by atoms with van der Waals surface area (Å²) < 4.78 is 13.3. The van der Waals surface area contributed by atoms with Crippen LogP contribution in [0.25, 0.3) is 0 Å². The highest BCUT2D eigenvalue weighted by Crippen LogP contribution is 2.18. The minimum Gasteiger partial charge on any atom is -0.480 e. The Kier molecular flexibility index (Phi) is 4.91. The fourth-order valence-electron chi connectivity index (χ4n) is 1.25. The third-order valence-corrected chi connectivity index (χ3v) is 2.43. The molecule has 0 spiro atoms. The number of carbonyl (C=O) groups is 2. The summed E-state index contributed by atoms with van der Waals surface area (Å²) in [7, 11) is 0. The van der Waals surface area contributed by atoms with Gasteiger partial charge < -0.3 is 15.7 Å². The fourth-order valence-corrected chi connectivity index (χ4v) is 1.40. The number of urea groups is 1. The Morgan fingerprint density at radius 1 is 1.50 bits per heavy atom. The molecule has 18 heavy (non-hydrogen) atoms. The van der Waals surface area contributed by atoms with E-state index < -0.39 is 23.9 Å². The Morgan fingerprint density at radius 2 is 2.17 bits per heavy atom. The summed E-state index contributed by atoms with van der Waals surface area (Å²) in [4.78, 5) is 22.1. The Labute approximate surface area is 108 Å². The second kappa shape index (κ2) is 6.20. The molecule has 0 saturated heterocycles. The van der Waals surface area contributed by atoms with Crippen LogP contribution in [0, 0.1) is 5.82 Å². The van der Waals surface area contributed by atoms with E-state index in [4.69, 9.17) is 16.7 Å². The van der Waals surface area contributed by atoms with Gasteiger partial charge >= 0.3 is 12.0 Å². The van der Waals surface area contributed by atoms with Crippen molar-refractivity contribution in [2.75, 3.05) is 5.32 Å². The lowest BCUT2D eigenvalue weighted by molar-refractivity contribution is -0.139. The maximum Gasteiger partial charge on any atom is 0.326 e. The van der Waals surface area contributed by atoms with Crippen molar-refractivity contribution in [1.82, 2.24) is 5.32 Å². The van der Waals surface area contributed by atoms with Crippen molar-refractivity contribution in [2.24, 2.45) is 0 Å². The van der Waals surface area contributed by atoms with Gasteiger partial charge in [0.2, 0.25) is 0 Å². The van der Waals surface area contributed by atoms with Crippen LogP contribution in [0.5, 0.6) is 0 Å². The summed E-state index contributed by atoms with van der Waals surface area (Å²) in [6.45, 7) is 1.61. The number of carbonyl (C=O) groups excluding carboxylic acids is 1. The molecule has 1 rings (SSSR count). The molecule has 98 valence electrons. The predicted molar refractivity (Wildman–Crippen MR) is 65.3 cm³/mol. The van der Waals surface area contributed by atoms with Crippen LogP contribution in [0.1, 0.15) is 13.3 Å². The van der Waals surface area contributed by atoms with Crippen LogP contribution < -0.4 is 10.6 Å². The maximum absolute atomic E-state index is 13.3. The van der Waals surface area contributed by atoms with E-state index in [1.54, 1.807) is 6.92 Å². The fraction of sp³-hybridized carbons (Fsp3) is 0.273. The van der Waals surface area contributed by atoms with Crippen LogP contribution >= 0.6 is 11.6 Å². The number of aliphatic carboxylic acids is 1. The third-order valence-electron chi connectivity index (χ3n) is 2.19. The van der Waals surface area contributed by atoms with E-state index in [2.05, 4.69) is 10.6 Å². The topological polar surface area (TPSA) is 78.4 Å². The van der Waals surface area contributed by atoms with E-state index in [1.807, 2.05) is 0 Å². The molecule has 0 aliphatic rings. The number of rotatable bonds is 4. The molecule has 1 unspecified atom stereocenters. The van der Waals surface area contributed by atoms with Crippen molar-refractivity contribution in [3.05, 3.63) is 29.0 Å². The molecule has 0 aromatic heterocycles. The molecule has 2 amide bonds. The molecular formula is C11H12ClFN2O3. The van der Waals surface area contributed by atoms with Gasteiger partial charge in [0.05, 0.1) is 5.69 Å². The van der Waals surface area contributed by atoms with E-state index >= 15 is 0 Å². The van der Waals surface area contributed by atoms with Crippen molar-refractivity contribution < 1.29 is 19.1 Å². The molecule has 5 nitrogen and oxygen atoms in total. The number of hydrogen-bond acceptors (Lipinski definition) is 2. The van der Waals surface area contributed by atoms with E-state index in [1.165, 1.54) is 12.1 Å². The standard InChI is InChI=1S/C11H12ClFN2O3/c1-2-8(10(16)17)14-11(18)15-9-4-3-6(12)5-7(9)13/h3-5,8H,2H2,1H3,(H,16,17)(H2,14,15,18). The lowest BCUT2D eigenvalue weighted by atomic mass is 10.2. The van der Waals surface area contributed by atoms with Gasteiger partial charge in [0, 0.05) is 5.02 Å². The lowest BCUT2D eigenvalue weighted by Crippen LogP contribution is -2.42. The van der Waals surface area contributed by atoms with Crippen molar-refractivity contribution in [1.29, 1.82) is 0 Å². The van der Waals surface area contributed by atoms with Gasteiger partial charge in [-0.05, 0) is 24.6 Å². The first-order valence-electron chi connectivity index (χ1n) is 5.19. The Hall–Kier alpha value is -1.82. The average Bonchev–Trinajstić information content (AvgIpc) is 2.29. The van der Waals surface area contributed by atoms with E-state index in [9.17, 15) is 14.0 Å². The van der Waals surface area contributed by atoms with Crippen molar-refractivity contribution in [2.45, 2.75) is 19.4 Å². The first-order chi connectivity index (χ1) is 8.43. The van der Waals surface area contributed by atoms with Gasteiger partial charge in [0.25, 0.3) is 0 Å². The molecule has 3 N–H and O–H groups in total. The molecule has 1 aromatic carbocycles. The molecule has 0 radical (unpaired) electrons. The maximum atomic E-state index is 13.3. The van der Waals surface area contributed by atoms with Crippen molar-refractivity contribution in [3.63, 3.8) is 0 Å². The third kappa shape index (κ3) is 3.89. The van der Waals surface area contributed by atoms with Gasteiger partial charge in [-0.1, -0.05) is 18.5 Å². The Balaban J connectivity index is 2.67. The quantitative estimate of drug-likeness (QED) is 0.789. The predicted octanol–water partition coefficient (Wildman–Crippen LogP) is 2.46. The molecule has 0 aliphatic carbocycles. The Bertz CT molecular complexity index is 468. The number of amides is 2. The zero-order chi connectivity index (χ0) is 13.7. The van der Waals surface area contributed by atoms with Crippen LogP contribution in [0.4, 0.5) is 14.9 Å². The van der Waals surface area contributed by atoms with Gasteiger partial charge in [-0.25, -0.2) is 14.0 Å². The highest BCUT2D eigenvalue weighted by molar-refractivity contribution is 6.30. The molecule has 1 atom stereocenters. The van der Waals surface area contributed by atoms with Gasteiger partial charge in [-0.3, -0.25) is 0 Å². The zero-order valence-corrected chi connectivity index (χ0v) is 10.3. The van der Waals surface area contributed by atoms with Gasteiger partial charge in [0.15, 0.2) is 0 Å². The normalized spacial score (nSPS) is 11.7. The molecule has 0 bridgehead atoms. The number of anilines is 1. The highest BCUT2D eigenvalue weighted by atomic mass is 35.5. The summed E-state index contributed by atoms with van der Waals surface area (Å²) in [5.41, 5.74) is -0.0721. The minimum atomic E-state index is -1.15. The molecule has 0 saturated carbocycles.